The van der Waals surface area contributed by atoms with Crippen LogP contribution in [0.2, 0.25) is 0 Å². The SMILES string of the molecule is CC[N+](C)(C)CC(O)(O)C(F)F.[Cl-]. The number of halogens is 3. The molecule has 0 radical (unpaired) electrons. The molecule has 0 aliphatic heterocycles. The Bertz CT molecular complexity index is 153. The van der Waals surface area contributed by atoms with Crippen LogP contribution in [0.3, 0.4) is 0 Å². The minimum absolute atomic E-state index is 0. The number of hydrogen-bond acceptors (Lipinski definition) is 2. The van der Waals surface area contributed by atoms with Crippen LogP contribution >= 0.6 is 0 Å². The molecule has 0 heterocycles. The van der Waals surface area contributed by atoms with Gasteiger partial charge in [0, 0.05) is 0 Å². The summed E-state index contributed by atoms with van der Waals surface area (Å²) in [5.74, 6) is -2.88. The molecule has 0 amide bonds. The van der Waals surface area contributed by atoms with Gasteiger partial charge in [0.25, 0.3) is 12.2 Å². The van der Waals surface area contributed by atoms with Crippen LogP contribution in [0.5, 0.6) is 0 Å². The average molecular weight is 220 g/mol. The summed E-state index contributed by atoms with van der Waals surface area (Å²) >= 11 is 0. The van der Waals surface area contributed by atoms with Crippen LogP contribution < -0.4 is 12.4 Å². The van der Waals surface area contributed by atoms with Crippen LogP contribution in [0.25, 0.3) is 0 Å². The first-order chi connectivity index (χ1) is 5.21. The van der Waals surface area contributed by atoms with Gasteiger partial charge in [0.1, 0.15) is 6.54 Å². The standard InChI is InChI=1S/C7H16F2NO2.ClH/c1-4-10(2,3)5-7(11,12)6(8)9;/h6,11-12H,4-5H2,1-3H3;1H/q+1;/p-1. The zero-order valence-corrected chi connectivity index (χ0v) is 8.72. The average Bonchev–Trinajstić information content (AvgIpc) is 1.85. The van der Waals surface area contributed by atoms with E-state index in [4.69, 9.17) is 10.2 Å². The second-order valence-electron chi connectivity index (χ2n) is 3.59. The Morgan fingerprint density at radius 1 is 1.31 bits per heavy atom. The van der Waals surface area contributed by atoms with Gasteiger partial charge >= 0.3 is 0 Å². The lowest BCUT2D eigenvalue weighted by molar-refractivity contribution is -0.899. The Labute approximate surface area is 83.0 Å². The number of nitrogens with zero attached hydrogens (tertiary/aromatic N) is 1. The molecule has 0 aliphatic carbocycles. The largest absolute Gasteiger partial charge is 1.00 e. The maximum absolute atomic E-state index is 12.0. The van der Waals surface area contributed by atoms with Crippen molar-refractivity contribution in [3.8, 4) is 0 Å². The lowest BCUT2D eigenvalue weighted by Gasteiger charge is -2.33. The van der Waals surface area contributed by atoms with Crippen molar-refractivity contribution in [1.29, 1.82) is 0 Å². The molecule has 0 atom stereocenters. The number of aliphatic hydroxyl groups is 2. The molecule has 0 spiro atoms. The van der Waals surface area contributed by atoms with Crippen molar-refractivity contribution in [1.82, 2.24) is 0 Å². The van der Waals surface area contributed by atoms with Crippen LogP contribution in [0.4, 0.5) is 8.78 Å². The molecular formula is C7H16ClF2NO2. The predicted molar refractivity (Wildman–Crippen MR) is 40.7 cm³/mol. The molecule has 2 N–H and O–H groups in total. The molecular weight excluding hydrogens is 204 g/mol. The second-order valence-corrected chi connectivity index (χ2v) is 3.59. The number of quaternary nitrogens is 1. The molecule has 0 aromatic carbocycles. The predicted octanol–water partition coefficient (Wildman–Crippen LogP) is -2.97. The van der Waals surface area contributed by atoms with E-state index in [1.54, 1.807) is 21.0 Å². The van der Waals surface area contributed by atoms with Gasteiger partial charge in [0.15, 0.2) is 0 Å². The first-order valence-electron chi connectivity index (χ1n) is 3.76. The number of likely N-dealkylation sites (N-methyl/N-ethyl adjacent to an activating group) is 1. The van der Waals surface area contributed by atoms with Gasteiger partial charge in [0.2, 0.25) is 0 Å². The van der Waals surface area contributed by atoms with Crippen molar-refractivity contribution < 1.29 is 35.9 Å². The van der Waals surface area contributed by atoms with Gasteiger partial charge in [-0.1, -0.05) is 0 Å². The van der Waals surface area contributed by atoms with Gasteiger partial charge in [-0.05, 0) is 6.92 Å². The normalized spacial score (nSPS) is 12.9. The molecule has 0 aliphatic rings. The molecule has 13 heavy (non-hydrogen) atoms. The Kier molecular flexibility index (Phi) is 6.02. The lowest BCUT2D eigenvalue weighted by atomic mass is 10.2. The van der Waals surface area contributed by atoms with E-state index in [9.17, 15) is 8.78 Å². The van der Waals surface area contributed by atoms with Crippen molar-refractivity contribution in [2.75, 3.05) is 27.2 Å². The van der Waals surface area contributed by atoms with Crippen LogP contribution in [-0.2, 0) is 0 Å². The Hall–Kier alpha value is 0.0300. The quantitative estimate of drug-likeness (QED) is 0.392. The molecule has 0 saturated heterocycles. The van der Waals surface area contributed by atoms with E-state index in [0.29, 0.717) is 6.54 Å². The van der Waals surface area contributed by atoms with E-state index in [0.717, 1.165) is 0 Å². The molecule has 0 saturated carbocycles. The highest BCUT2D eigenvalue weighted by molar-refractivity contribution is 4.65. The Morgan fingerprint density at radius 3 is 1.92 bits per heavy atom. The molecule has 0 aromatic rings. The summed E-state index contributed by atoms with van der Waals surface area (Å²) in [7, 11) is 3.31. The van der Waals surface area contributed by atoms with Crippen molar-refractivity contribution in [2.24, 2.45) is 0 Å². The highest BCUT2D eigenvalue weighted by Crippen LogP contribution is 2.15. The highest BCUT2D eigenvalue weighted by Gasteiger charge is 2.41. The first kappa shape index (κ1) is 15.5. The monoisotopic (exact) mass is 219 g/mol. The fourth-order valence-electron chi connectivity index (χ4n) is 0.811. The Balaban J connectivity index is 0. The highest BCUT2D eigenvalue weighted by atomic mass is 35.5. The summed E-state index contributed by atoms with van der Waals surface area (Å²) < 4.78 is 24.1. The third-order valence-electron chi connectivity index (χ3n) is 1.87. The van der Waals surface area contributed by atoms with Gasteiger partial charge in [-0.2, -0.15) is 0 Å². The summed E-state index contributed by atoms with van der Waals surface area (Å²) in [4.78, 5) is 0. The van der Waals surface area contributed by atoms with E-state index in [1.165, 1.54) is 0 Å². The van der Waals surface area contributed by atoms with E-state index in [2.05, 4.69) is 0 Å². The molecule has 0 aromatic heterocycles. The number of alkyl halides is 2. The lowest BCUT2D eigenvalue weighted by Crippen LogP contribution is -3.00. The molecule has 3 nitrogen and oxygen atoms in total. The molecule has 6 heteroatoms. The molecule has 0 rings (SSSR count). The van der Waals surface area contributed by atoms with Crippen molar-refractivity contribution in [3.05, 3.63) is 0 Å². The maximum Gasteiger partial charge on any atom is 0.297 e. The summed E-state index contributed by atoms with van der Waals surface area (Å²) in [6.45, 7) is 1.98. The van der Waals surface area contributed by atoms with Crippen LogP contribution in [0.15, 0.2) is 0 Å². The van der Waals surface area contributed by atoms with E-state index >= 15 is 0 Å². The zero-order chi connectivity index (χ0) is 9.99. The number of hydrogen-bond donors (Lipinski definition) is 2. The minimum atomic E-state index is -3.12. The third-order valence-corrected chi connectivity index (χ3v) is 1.87. The van der Waals surface area contributed by atoms with Crippen molar-refractivity contribution >= 4 is 0 Å². The molecule has 82 valence electrons. The second kappa shape index (κ2) is 5.05. The number of rotatable bonds is 4. The van der Waals surface area contributed by atoms with Crippen molar-refractivity contribution in [3.63, 3.8) is 0 Å². The van der Waals surface area contributed by atoms with E-state index in [-0.39, 0.29) is 23.4 Å². The topological polar surface area (TPSA) is 40.5 Å². The maximum atomic E-state index is 12.0. The zero-order valence-electron chi connectivity index (χ0n) is 7.97. The van der Waals surface area contributed by atoms with Gasteiger partial charge in [-0.3, -0.25) is 0 Å². The van der Waals surface area contributed by atoms with Gasteiger partial charge in [0.05, 0.1) is 20.6 Å². The summed E-state index contributed by atoms with van der Waals surface area (Å²) in [6, 6.07) is 0. The molecule has 0 bridgehead atoms. The van der Waals surface area contributed by atoms with Crippen LogP contribution in [-0.4, -0.2) is 54.1 Å². The first-order valence-corrected chi connectivity index (χ1v) is 3.76. The van der Waals surface area contributed by atoms with Crippen LogP contribution in [0.1, 0.15) is 6.92 Å². The molecule has 0 fully saturated rings. The summed E-state index contributed by atoms with van der Waals surface area (Å²) in [5, 5.41) is 17.7. The summed E-state index contributed by atoms with van der Waals surface area (Å²) in [5.41, 5.74) is 0. The summed E-state index contributed by atoms with van der Waals surface area (Å²) in [6.07, 6.45) is -3.12. The van der Waals surface area contributed by atoms with Gasteiger partial charge in [-0.25, -0.2) is 8.78 Å². The van der Waals surface area contributed by atoms with E-state index < -0.39 is 12.2 Å². The van der Waals surface area contributed by atoms with E-state index in [1.807, 2.05) is 0 Å². The smallest absolute Gasteiger partial charge is 0.297 e. The Morgan fingerprint density at radius 2 is 1.69 bits per heavy atom. The molecule has 0 unspecified atom stereocenters. The third kappa shape index (κ3) is 5.36. The van der Waals surface area contributed by atoms with Crippen molar-refractivity contribution in [2.45, 2.75) is 19.1 Å². The fraction of sp³-hybridized carbons (Fsp3) is 1.00. The van der Waals surface area contributed by atoms with Gasteiger partial charge in [-0.15, -0.1) is 0 Å². The minimum Gasteiger partial charge on any atom is -1.00 e. The van der Waals surface area contributed by atoms with Gasteiger partial charge < -0.3 is 27.1 Å². The fourth-order valence-corrected chi connectivity index (χ4v) is 0.811. The van der Waals surface area contributed by atoms with Crippen LogP contribution in [0, 0.1) is 0 Å².